The van der Waals surface area contributed by atoms with Crippen molar-refractivity contribution in [2.75, 3.05) is 13.2 Å². The quantitative estimate of drug-likeness (QED) is 0.0201. The average molecular weight is 797 g/mol. The Morgan fingerprint density at radius 3 is 1.23 bits per heavy atom. The van der Waals surface area contributed by atoms with Crippen LogP contribution in [0.15, 0.2) is 60.8 Å². The van der Waals surface area contributed by atoms with Gasteiger partial charge < -0.3 is 14.2 Å². The largest absolute Gasteiger partial charge is 0.462 e. The van der Waals surface area contributed by atoms with Gasteiger partial charge in [0.05, 0.1) is 0 Å². The number of carbonyl (C=O) groups is 3. The molecule has 0 aromatic heterocycles. The molecule has 0 rings (SSSR count). The summed E-state index contributed by atoms with van der Waals surface area (Å²) in [5, 5.41) is 0. The lowest BCUT2D eigenvalue weighted by molar-refractivity contribution is -0.167. The molecule has 328 valence electrons. The average Bonchev–Trinajstić information content (AvgIpc) is 3.21. The summed E-state index contributed by atoms with van der Waals surface area (Å²) in [5.41, 5.74) is 0. The summed E-state index contributed by atoms with van der Waals surface area (Å²) in [7, 11) is 0. The Kier molecular flexibility index (Phi) is 43.5. The molecule has 0 aromatic rings. The van der Waals surface area contributed by atoms with E-state index in [0.29, 0.717) is 19.3 Å². The molecule has 0 radical (unpaired) electrons. The molecule has 1 atom stereocenters. The van der Waals surface area contributed by atoms with Gasteiger partial charge in [0.25, 0.3) is 0 Å². The molecule has 0 saturated carbocycles. The van der Waals surface area contributed by atoms with Crippen LogP contribution in [0.2, 0.25) is 0 Å². The smallest absolute Gasteiger partial charge is 0.306 e. The van der Waals surface area contributed by atoms with Gasteiger partial charge in [0, 0.05) is 19.3 Å². The molecule has 0 fully saturated rings. The van der Waals surface area contributed by atoms with Crippen molar-refractivity contribution in [3.8, 4) is 0 Å². The van der Waals surface area contributed by atoms with Crippen molar-refractivity contribution in [1.29, 1.82) is 0 Å². The minimum absolute atomic E-state index is 0.0941. The van der Waals surface area contributed by atoms with Crippen molar-refractivity contribution in [3.05, 3.63) is 60.8 Å². The number of hydrogen-bond acceptors (Lipinski definition) is 6. The van der Waals surface area contributed by atoms with Crippen molar-refractivity contribution in [2.24, 2.45) is 0 Å². The van der Waals surface area contributed by atoms with Crippen LogP contribution in [-0.4, -0.2) is 37.2 Å². The fraction of sp³-hybridized carbons (Fsp3) is 0.745. The van der Waals surface area contributed by atoms with Gasteiger partial charge in [-0.1, -0.05) is 197 Å². The molecule has 0 aromatic carbocycles. The highest BCUT2D eigenvalue weighted by Crippen LogP contribution is 2.14. The van der Waals surface area contributed by atoms with Gasteiger partial charge >= 0.3 is 17.9 Å². The van der Waals surface area contributed by atoms with Crippen molar-refractivity contribution < 1.29 is 28.6 Å². The van der Waals surface area contributed by atoms with Gasteiger partial charge in [0.1, 0.15) is 13.2 Å². The maximum absolute atomic E-state index is 12.7. The van der Waals surface area contributed by atoms with Crippen LogP contribution < -0.4 is 0 Å². The first kappa shape index (κ1) is 54.1. The normalized spacial score (nSPS) is 12.5. The van der Waals surface area contributed by atoms with E-state index < -0.39 is 6.10 Å². The lowest BCUT2D eigenvalue weighted by atomic mass is 10.0. The van der Waals surface area contributed by atoms with Crippen molar-refractivity contribution in [1.82, 2.24) is 0 Å². The first-order chi connectivity index (χ1) is 28.0. The standard InChI is InChI=1S/C51H88O6/c1-4-7-10-13-16-19-21-23-24-25-26-27-28-30-32-35-38-41-44-50(53)56-47-48(46-55-49(52)43-40-37-34-31-18-15-12-9-6-3)57-51(54)45-42-39-36-33-29-22-20-17-14-11-8-5-2/h9,12,18,21,23-27,31,48H,4-8,10-11,13-17,19-20,22,28-30,32-47H2,1-3H3/b12-9-,23-21-,25-24-,27-26-,31-18-. The van der Waals surface area contributed by atoms with Crippen LogP contribution in [0.3, 0.4) is 0 Å². The molecule has 57 heavy (non-hydrogen) atoms. The van der Waals surface area contributed by atoms with E-state index in [9.17, 15) is 14.4 Å². The number of allylic oxidation sites excluding steroid dienone is 10. The van der Waals surface area contributed by atoms with Crippen molar-refractivity contribution in [3.63, 3.8) is 0 Å². The molecule has 6 nitrogen and oxygen atoms in total. The molecule has 0 aliphatic rings. The van der Waals surface area contributed by atoms with E-state index in [1.54, 1.807) is 0 Å². The molecule has 0 saturated heterocycles. The second kappa shape index (κ2) is 45.8. The molecule has 0 aliphatic carbocycles. The predicted octanol–water partition coefficient (Wildman–Crippen LogP) is 15.3. The third kappa shape index (κ3) is 44.1. The summed E-state index contributed by atoms with van der Waals surface area (Å²) in [6, 6.07) is 0. The van der Waals surface area contributed by atoms with Crippen LogP contribution in [0, 0.1) is 0 Å². The number of carbonyl (C=O) groups excluding carboxylic acids is 3. The highest BCUT2D eigenvalue weighted by molar-refractivity contribution is 5.71. The molecule has 6 heteroatoms. The van der Waals surface area contributed by atoms with Crippen LogP contribution in [-0.2, 0) is 28.6 Å². The number of rotatable bonds is 42. The summed E-state index contributed by atoms with van der Waals surface area (Å²) < 4.78 is 16.7. The predicted molar refractivity (Wildman–Crippen MR) is 242 cm³/mol. The summed E-state index contributed by atoms with van der Waals surface area (Å²) in [6.45, 7) is 6.44. The molecule has 0 bridgehead atoms. The van der Waals surface area contributed by atoms with E-state index in [0.717, 1.165) is 89.9 Å². The Morgan fingerprint density at radius 2 is 0.754 bits per heavy atom. The number of esters is 3. The zero-order valence-corrected chi connectivity index (χ0v) is 37.3. The van der Waals surface area contributed by atoms with Crippen molar-refractivity contribution >= 4 is 17.9 Å². The van der Waals surface area contributed by atoms with Crippen LogP contribution in [0.1, 0.15) is 226 Å². The van der Waals surface area contributed by atoms with Gasteiger partial charge in [-0.3, -0.25) is 14.4 Å². The van der Waals surface area contributed by atoms with Gasteiger partial charge in [0.2, 0.25) is 0 Å². The summed E-state index contributed by atoms with van der Waals surface area (Å²) in [6.07, 6.45) is 55.0. The van der Waals surface area contributed by atoms with Crippen LogP contribution in [0.4, 0.5) is 0 Å². The molecular weight excluding hydrogens is 709 g/mol. The maximum atomic E-state index is 12.7. The Labute approximate surface area is 351 Å². The molecular formula is C51H88O6. The Bertz CT molecular complexity index is 1050. The first-order valence-electron chi connectivity index (χ1n) is 23.8. The van der Waals surface area contributed by atoms with Gasteiger partial charge in [-0.25, -0.2) is 0 Å². The van der Waals surface area contributed by atoms with E-state index >= 15 is 0 Å². The van der Waals surface area contributed by atoms with E-state index in [4.69, 9.17) is 14.2 Å². The molecule has 0 heterocycles. The summed E-state index contributed by atoms with van der Waals surface area (Å²) in [5.74, 6) is -0.950. The second-order valence-corrected chi connectivity index (χ2v) is 15.7. The van der Waals surface area contributed by atoms with Crippen LogP contribution >= 0.6 is 0 Å². The molecule has 0 aliphatic heterocycles. The number of unbranched alkanes of at least 4 members (excludes halogenated alkanes) is 23. The van der Waals surface area contributed by atoms with Crippen LogP contribution in [0.5, 0.6) is 0 Å². The van der Waals surface area contributed by atoms with E-state index in [1.165, 1.54) is 96.3 Å². The van der Waals surface area contributed by atoms with E-state index in [2.05, 4.69) is 81.5 Å². The Hall–Kier alpha value is -2.89. The maximum Gasteiger partial charge on any atom is 0.306 e. The SMILES string of the molecule is CC/C=C\C/C=C\CCCCC(=O)OCC(COC(=O)CCCCCCC\C=C/C=C\C=C/CCCCCCC)OC(=O)CCCCCCCCCCCCCC. The summed E-state index contributed by atoms with van der Waals surface area (Å²) >= 11 is 0. The Morgan fingerprint density at radius 1 is 0.386 bits per heavy atom. The topological polar surface area (TPSA) is 78.9 Å². The van der Waals surface area contributed by atoms with E-state index in [-0.39, 0.29) is 31.1 Å². The van der Waals surface area contributed by atoms with Gasteiger partial charge in [-0.2, -0.15) is 0 Å². The lowest BCUT2D eigenvalue weighted by Crippen LogP contribution is -2.30. The zero-order valence-electron chi connectivity index (χ0n) is 37.3. The van der Waals surface area contributed by atoms with Crippen LogP contribution in [0.25, 0.3) is 0 Å². The molecule has 0 amide bonds. The monoisotopic (exact) mass is 797 g/mol. The van der Waals surface area contributed by atoms with E-state index in [1.807, 2.05) is 0 Å². The van der Waals surface area contributed by atoms with Crippen molar-refractivity contribution in [2.45, 2.75) is 232 Å². The second-order valence-electron chi connectivity index (χ2n) is 15.7. The fourth-order valence-electron chi connectivity index (χ4n) is 6.48. The third-order valence-corrected chi connectivity index (χ3v) is 10.1. The highest BCUT2D eigenvalue weighted by atomic mass is 16.6. The van der Waals surface area contributed by atoms with Gasteiger partial charge in [-0.15, -0.1) is 0 Å². The van der Waals surface area contributed by atoms with Gasteiger partial charge in [0.15, 0.2) is 6.10 Å². The first-order valence-corrected chi connectivity index (χ1v) is 23.8. The minimum Gasteiger partial charge on any atom is -0.462 e. The zero-order chi connectivity index (χ0) is 41.5. The fourth-order valence-corrected chi connectivity index (χ4v) is 6.48. The third-order valence-electron chi connectivity index (χ3n) is 10.1. The number of hydrogen-bond donors (Lipinski definition) is 0. The highest BCUT2D eigenvalue weighted by Gasteiger charge is 2.19. The summed E-state index contributed by atoms with van der Waals surface area (Å²) in [4.78, 5) is 37.7. The Balaban J connectivity index is 4.38. The molecule has 0 N–H and O–H groups in total. The van der Waals surface area contributed by atoms with Gasteiger partial charge in [-0.05, 0) is 70.6 Å². The minimum atomic E-state index is -0.791. The number of ether oxygens (including phenoxy) is 3. The molecule has 0 spiro atoms. The molecule has 1 unspecified atom stereocenters. The lowest BCUT2D eigenvalue weighted by Gasteiger charge is -2.18.